The largest absolute Gasteiger partial charge is 0.493 e. The van der Waals surface area contributed by atoms with Crippen molar-refractivity contribution < 1.29 is 23.8 Å². The Hall–Kier alpha value is -4.53. The van der Waals surface area contributed by atoms with Crippen LogP contribution in [0.2, 0.25) is 0 Å². The number of ether oxygens (including phenoxy) is 3. The summed E-state index contributed by atoms with van der Waals surface area (Å²) in [7, 11) is 4.66. The first-order valence-corrected chi connectivity index (χ1v) is 13.1. The Morgan fingerprint density at radius 3 is 2.35 bits per heavy atom. The van der Waals surface area contributed by atoms with E-state index in [2.05, 4.69) is 16.0 Å². The Labute approximate surface area is 233 Å². The van der Waals surface area contributed by atoms with Gasteiger partial charge >= 0.3 is 0 Å². The Morgan fingerprint density at radius 2 is 1.70 bits per heavy atom. The van der Waals surface area contributed by atoms with Crippen LogP contribution >= 0.6 is 0 Å². The molecule has 0 aliphatic heterocycles. The minimum absolute atomic E-state index is 0.204. The standard InChI is InChI=1S/C31H35N3O6/c1-18(31(37)32-17-20-9-7-6-8-10-20)33-25-14-12-22-23(16-26(25)36)24(34-19(2)35)13-11-21-15-27(38-3)29(39-4)30(40-5)28(21)22/h6-10,12,14-16,18,24H,11,13,17H2,1-5H3,(H,32,37)(H,33,36)(H,34,35)/t18-,24+/m1/s1. The topological polar surface area (TPSA) is 115 Å². The van der Waals surface area contributed by atoms with Gasteiger partial charge in [0.2, 0.25) is 23.0 Å². The van der Waals surface area contributed by atoms with Crippen molar-refractivity contribution in [1.29, 1.82) is 0 Å². The molecule has 0 unspecified atom stereocenters. The van der Waals surface area contributed by atoms with E-state index in [1.807, 2.05) is 42.5 Å². The minimum atomic E-state index is -0.670. The molecule has 0 spiro atoms. The fourth-order valence-corrected chi connectivity index (χ4v) is 5.06. The number of benzene rings is 2. The molecule has 210 valence electrons. The zero-order valence-electron chi connectivity index (χ0n) is 23.4. The first kappa shape index (κ1) is 28.5. The first-order chi connectivity index (χ1) is 19.3. The van der Waals surface area contributed by atoms with Crippen molar-refractivity contribution in [3.05, 3.63) is 81.5 Å². The molecular weight excluding hydrogens is 510 g/mol. The highest BCUT2D eigenvalue weighted by molar-refractivity contribution is 5.85. The highest BCUT2D eigenvalue weighted by Crippen LogP contribution is 2.50. The number of fused-ring (bicyclic) bond motifs is 3. The Bertz CT molecular complexity index is 1460. The SMILES string of the molecule is COc1cc2c(c(OC)c1OC)-c1ccc(N[C@H](C)C(=O)NCc3ccccc3)c(=O)cc1[C@@H](NC(C)=O)CC2. The lowest BCUT2D eigenvalue weighted by atomic mass is 9.95. The van der Waals surface area contributed by atoms with Gasteiger partial charge in [0.25, 0.3) is 0 Å². The molecule has 9 nitrogen and oxygen atoms in total. The van der Waals surface area contributed by atoms with Gasteiger partial charge < -0.3 is 30.2 Å². The minimum Gasteiger partial charge on any atom is -0.493 e. The van der Waals surface area contributed by atoms with E-state index in [1.165, 1.54) is 20.1 Å². The molecule has 0 aromatic heterocycles. The van der Waals surface area contributed by atoms with Crippen molar-refractivity contribution >= 4 is 17.5 Å². The lowest BCUT2D eigenvalue weighted by Gasteiger charge is -2.19. The second-order valence-corrected chi connectivity index (χ2v) is 9.67. The number of hydrogen-bond acceptors (Lipinski definition) is 7. The molecule has 40 heavy (non-hydrogen) atoms. The molecule has 0 saturated heterocycles. The lowest BCUT2D eigenvalue weighted by Crippen LogP contribution is -2.38. The van der Waals surface area contributed by atoms with Gasteiger partial charge in [0.1, 0.15) is 6.04 Å². The summed E-state index contributed by atoms with van der Waals surface area (Å²) in [5.41, 5.74) is 4.00. The third-order valence-electron chi connectivity index (χ3n) is 6.99. The Kier molecular flexibility index (Phi) is 8.93. The predicted octanol–water partition coefficient (Wildman–Crippen LogP) is 3.98. The van der Waals surface area contributed by atoms with Gasteiger partial charge in [-0.3, -0.25) is 14.4 Å². The molecule has 0 bridgehead atoms. The van der Waals surface area contributed by atoms with E-state index < -0.39 is 12.1 Å². The first-order valence-electron chi connectivity index (χ1n) is 13.1. The van der Waals surface area contributed by atoms with Crippen molar-refractivity contribution in [3.63, 3.8) is 0 Å². The number of amides is 2. The molecule has 3 N–H and O–H groups in total. The number of nitrogens with one attached hydrogen (secondary N) is 3. The number of methoxy groups -OCH3 is 3. The summed E-state index contributed by atoms with van der Waals surface area (Å²) in [5.74, 6) is 0.994. The average molecular weight is 546 g/mol. The van der Waals surface area contributed by atoms with Crippen molar-refractivity contribution in [2.45, 2.75) is 45.3 Å². The van der Waals surface area contributed by atoms with E-state index in [-0.39, 0.29) is 22.9 Å². The number of rotatable bonds is 9. The molecule has 1 aliphatic rings. The quantitative estimate of drug-likeness (QED) is 0.373. The fourth-order valence-electron chi connectivity index (χ4n) is 5.06. The normalized spacial score (nSPS) is 14.5. The van der Waals surface area contributed by atoms with Gasteiger partial charge in [-0.05, 0) is 60.2 Å². The van der Waals surface area contributed by atoms with Gasteiger partial charge in [0.05, 0.1) is 33.1 Å². The van der Waals surface area contributed by atoms with Gasteiger partial charge in [-0.2, -0.15) is 0 Å². The molecule has 0 saturated carbocycles. The molecule has 0 radical (unpaired) electrons. The van der Waals surface area contributed by atoms with Crippen LogP contribution < -0.4 is 35.6 Å². The third kappa shape index (κ3) is 6.03. The molecule has 1 aliphatic carbocycles. The molecule has 3 aromatic rings. The maximum Gasteiger partial charge on any atom is 0.242 e. The maximum atomic E-state index is 13.5. The summed E-state index contributed by atoms with van der Waals surface area (Å²) in [6, 6.07) is 15.4. The number of carbonyl (C=O) groups is 2. The summed E-state index contributed by atoms with van der Waals surface area (Å²) >= 11 is 0. The van der Waals surface area contributed by atoms with E-state index in [4.69, 9.17) is 14.2 Å². The van der Waals surface area contributed by atoms with Crippen LogP contribution in [-0.4, -0.2) is 39.2 Å². The molecule has 0 fully saturated rings. The van der Waals surface area contributed by atoms with E-state index >= 15 is 0 Å². The summed E-state index contributed by atoms with van der Waals surface area (Å²) in [5, 5.41) is 8.96. The number of hydrogen-bond donors (Lipinski definition) is 3. The maximum absolute atomic E-state index is 13.5. The highest BCUT2D eigenvalue weighted by atomic mass is 16.5. The van der Waals surface area contributed by atoms with Crippen LogP contribution in [0, 0.1) is 0 Å². The average Bonchev–Trinajstić information content (AvgIpc) is 3.19. The number of aryl methyl sites for hydroxylation is 1. The fraction of sp³-hybridized carbons (Fsp3) is 0.323. The molecule has 0 heterocycles. The van der Waals surface area contributed by atoms with Crippen LogP contribution in [0.5, 0.6) is 17.2 Å². The van der Waals surface area contributed by atoms with Crippen LogP contribution in [-0.2, 0) is 22.6 Å². The van der Waals surface area contributed by atoms with Gasteiger partial charge in [-0.1, -0.05) is 36.4 Å². The summed E-state index contributed by atoms with van der Waals surface area (Å²) in [6.45, 7) is 3.54. The number of anilines is 1. The van der Waals surface area contributed by atoms with Crippen molar-refractivity contribution in [3.8, 4) is 28.4 Å². The van der Waals surface area contributed by atoms with E-state index in [0.717, 1.165) is 22.3 Å². The molecule has 2 amide bonds. The Morgan fingerprint density at radius 1 is 0.975 bits per heavy atom. The number of carbonyl (C=O) groups excluding carboxylic acids is 2. The summed E-state index contributed by atoms with van der Waals surface area (Å²) < 4.78 is 17.0. The molecular formula is C31H35N3O6. The molecule has 9 heteroatoms. The van der Waals surface area contributed by atoms with Gasteiger partial charge in [-0.25, -0.2) is 0 Å². The summed E-state index contributed by atoms with van der Waals surface area (Å²) in [4.78, 5) is 38.4. The molecule has 2 atom stereocenters. The lowest BCUT2D eigenvalue weighted by molar-refractivity contribution is -0.122. The van der Waals surface area contributed by atoms with E-state index in [9.17, 15) is 14.4 Å². The molecule has 4 rings (SSSR count). The Balaban J connectivity index is 1.76. The molecule has 3 aromatic carbocycles. The smallest absolute Gasteiger partial charge is 0.242 e. The second kappa shape index (κ2) is 12.5. The second-order valence-electron chi connectivity index (χ2n) is 9.67. The van der Waals surface area contributed by atoms with Crippen LogP contribution in [0.4, 0.5) is 5.69 Å². The zero-order valence-corrected chi connectivity index (χ0v) is 23.4. The third-order valence-corrected chi connectivity index (χ3v) is 6.99. The zero-order chi connectivity index (χ0) is 28.8. The monoisotopic (exact) mass is 545 g/mol. The van der Waals surface area contributed by atoms with Crippen molar-refractivity contribution in [1.82, 2.24) is 10.6 Å². The highest BCUT2D eigenvalue weighted by Gasteiger charge is 2.29. The van der Waals surface area contributed by atoms with Crippen molar-refractivity contribution in [2.24, 2.45) is 0 Å². The van der Waals surface area contributed by atoms with Gasteiger partial charge in [0.15, 0.2) is 11.5 Å². The van der Waals surface area contributed by atoms with Crippen molar-refractivity contribution in [2.75, 3.05) is 26.6 Å². The van der Waals surface area contributed by atoms with Gasteiger partial charge in [0, 0.05) is 19.0 Å². The predicted molar refractivity (Wildman–Crippen MR) is 154 cm³/mol. The van der Waals surface area contributed by atoms with Gasteiger partial charge in [-0.15, -0.1) is 0 Å². The van der Waals surface area contributed by atoms with Crippen LogP contribution in [0.3, 0.4) is 0 Å². The van der Waals surface area contributed by atoms with E-state index in [0.29, 0.717) is 42.2 Å². The van der Waals surface area contributed by atoms with Crippen LogP contribution in [0.15, 0.2) is 59.4 Å². The van der Waals surface area contributed by atoms with Crippen LogP contribution in [0.1, 0.15) is 43.0 Å². The van der Waals surface area contributed by atoms with Crippen LogP contribution in [0.25, 0.3) is 11.1 Å². The summed E-state index contributed by atoms with van der Waals surface area (Å²) in [6.07, 6.45) is 1.16. The van der Waals surface area contributed by atoms with E-state index in [1.54, 1.807) is 27.2 Å².